The van der Waals surface area contributed by atoms with Crippen molar-refractivity contribution < 1.29 is 18.0 Å². The number of amides is 2. The number of sulfonamides is 1. The number of hydrogen-bond donors (Lipinski definition) is 1. The fourth-order valence-corrected chi connectivity index (χ4v) is 6.54. The highest BCUT2D eigenvalue weighted by Crippen LogP contribution is 2.27. The van der Waals surface area contributed by atoms with E-state index in [1.54, 1.807) is 30.3 Å². The lowest BCUT2D eigenvalue weighted by Crippen LogP contribution is -2.53. The maximum atomic E-state index is 14.5. The summed E-state index contributed by atoms with van der Waals surface area (Å²) in [6.07, 6.45) is 1.96. The Morgan fingerprint density at radius 1 is 0.822 bits per heavy atom. The number of nitrogens with zero attached hydrogens (tertiary/aromatic N) is 2. The van der Waals surface area contributed by atoms with E-state index in [0.717, 1.165) is 39.4 Å². The van der Waals surface area contributed by atoms with Gasteiger partial charge in [-0.1, -0.05) is 109 Å². The van der Waals surface area contributed by atoms with Crippen molar-refractivity contribution in [3.8, 4) is 0 Å². The molecule has 0 aromatic heterocycles. The van der Waals surface area contributed by atoms with Gasteiger partial charge in [-0.3, -0.25) is 13.9 Å². The lowest BCUT2D eigenvalue weighted by atomic mass is 10.0. The molecule has 4 aromatic rings. The first-order chi connectivity index (χ1) is 21.6. The van der Waals surface area contributed by atoms with Crippen LogP contribution in [0.1, 0.15) is 42.0 Å². The fourth-order valence-electron chi connectivity index (χ4n) is 4.95. The van der Waals surface area contributed by atoms with Gasteiger partial charge in [-0.15, -0.1) is 0 Å². The maximum absolute atomic E-state index is 14.5. The minimum atomic E-state index is -4.19. The number of halogens is 1. The molecule has 0 heterocycles. The van der Waals surface area contributed by atoms with Crippen molar-refractivity contribution in [2.45, 2.75) is 57.5 Å². The molecule has 7 nitrogen and oxygen atoms in total. The van der Waals surface area contributed by atoms with E-state index in [9.17, 15) is 18.0 Å². The van der Waals surface area contributed by atoms with E-state index in [1.807, 2.05) is 75.4 Å². The van der Waals surface area contributed by atoms with E-state index >= 15 is 0 Å². The van der Waals surface area contributed by atoms with Crippen molar-refractivity contribution >= 4 is 39.1 Å². The Morgan fingerprint density at radius 2 is 1.47 bits per heavy atom. The molecule has 4 aromatic carbocycles. The first-order valence-corrected chi connectivity index (χ1v) is 16.9. The number of aryl methyl sites for hydroxylation is 2. The Bertz CT molecular complexity index is 1680. The Hall–Kier alpha value is -4.14. The maximum Gasteiger partial charge on any atom is 0.264 e. The van der Waals surface area contributed by atoms with Crippen LogP contribution in [0.25, 0.3) is 0 Å². The number of rotatable bonds is 14. The van der Waals surface area contributed by atoms with Gasteiger partial charge in [0.15, 0.2) is 0 Å². The van der Waals surface area contributed by atoms with Crippen molar-refractivity contribution in [3.63, 3.8) is 0 Å². The molecule has 0 aliphatic carbocycles. The molecule has 45 heavy (non-hydrogen) atoms. The molecule has 0 fully saturated rings. The summed E-state index contributed by atoms with van der Waals surface area (Å²) >= 11 is 6.30. The SMILES string of the molecule is CCCCNC(=O)C(Cc1ccccc1)N(Cc1ccc(C)cc1)C(=O)CN(c1cccc(Cl)c1)S(=O)(=O)c1ccc(C)cc1. The lowest BCUT2D eigenvalue weighted by molar-refractivity contribution is -0.140. The van der Waals surface area contributed by atoms with Gasteiger partial charge in [0.05, 0.1) is 10.6 Å². The average Bonchev–Trinajstić information content (AvgIpc) is 3.03. The molecule has 1 atom stereocenters. The van der Waals surface area contributed by atoms with Crippen LogP contribution in [0.4, 0.5) is 5.69 Å². The van der Waals surface area contributed by atoms with Gasteiger partial charge < -0.3 is 10.2 Å². The highest BCUT2D eigenvalue weighted by atomic mass is 35.5. The van der Waals surface area contributed by atoms with E-state index in [0.29, 0.717) is 11.6 Å². The minimum Gasteiger partial charge on any atom is -0.354 e. The van der Waals surface area contributed by atoms with Crippen molar-refractivity contribution in [1.29, 1.82) is 0 Å². The van der Waals surface area contributed by atoms with E-state index in [-0.39, 0.29) is 29.5 Å². The molecule has 1 N–H and O–H groups in total. The third-order valence-corrected chi connectivity index (χ3v) is 9.58. The molecule has 1 unspecified atom stereocenters. The van der Waals surface area contributed by atoms with E-state index in [2.05, 4.69) is 5.32 Å². The summed E-state index contributed by atoms with van der Waals surface area (Å²) in [5, 5.41) is 3.34. The summed E-state index contributed by atoms with van der Waals surface area (Å²) in [6, 6.07) is 29.2. The van der Waals surface area contributed by atoms with Crippen LogP contribution in [0.5, 0.6) is 0 Å². The monoisotopic (exact) mass is 645 g/mol. The van der Waals surface area contributed by atoms with Gasteiger partial charge in [0.2, 0.25) is 11.8 Å². The van der Waals surface area contributed by atoms with Crippen LogP contribution in [0.3, 0.4) is 0 Å². The third kappa shape index (κ3) is 9.19. The molecule has 0 aliphatic rings. The van der Waals surface area contributed by atoms with Crippen LogP contribution in [-0.4, -0.2) is 44.3 Å². The second-order valence-electron chi connectivity index (χ2n) is 11.2. The highest BCUT2D eigenvalue weighted by Gasteiger charge is 2.34. The van der Waals surface area contributed by atoms with Crippen LogP contribution in [0.2, 0.25) is 5.02 Å². The van der Waals surface area contributed by atoms with Crippen molar-refractivity contribution in [2.24, 2.45) is 0 Å². The first-order valence-electron chi connectivity index (χ1n) is 15.1. The molecule has 2 amide bonds. The van der Waals surface area contributed by atoms with Gasteiger partial charge in [0.25, 0.3) is 10.0 Å². The topological polar surface area (TPSA) is 86.8 Å². The summed E-state index contributed by atoms with van der Waals surface area (Å²) in [7, 11) is -4.19. The van der Waals surface area contributed by atoms with Gasteiger partial charge in [0.1, 0.15) is 12.6 Å². The Morgan fingerprint density at radius 3 is 2.09 bits per heavy atom. The molecule has 4 rings (SSSR count). The Balaban J connectivity index is 1.78. The van der Waals surface area contributed by atoms with Crippen LogP contribution in [-0.2, 0) is 32.6 Å². The minimum absolute atomic E-state index is 0.0455. The van der Waals surface area contributed by atoms with E-state index in [1.165, 1.54) is 23.1 Å². The van der Waals surface area contributed by atoms with Crippen molar-refractivity contribution in [2.75, 3.05) is 17.4 Å². The Kier molecular flexibility index (Phi) is 11.8. The molecular weight excluding hydrogens is 606 g/mol. The molecule has 0 saturated carbocycles. The predicted octanol–water partition coefficient (Wildman–Crippen LogP) is 6.71. The van der Waals surface area contributed by atoms with Gasteiger partial charge in [-0.25, -0.2) is 8.42 Å². The van der Waals surface area contributed by atoms with Gasteiger partial charge in [-0.05, 0) is 61.7 Å². The summed E-state index contributed by atoms with van der Waals surface area (Å²) in [5.74, 6) is -0.804. The van der Waals surface area contributed by atoms with Gasteiger partial charge in [-0.2, -0.15) is 0 Å². The van der Waals surface area contributed by atoms with Crippen LogP contribution < -0.4 is 9.62 Å². The quantitative estimate of drug-likeness (QED) is 0.155. The van der Waals surface area contributed by atoms with E-state index in [4.69, 9.17) is 11.6 Å². The zero-order valence-corrected chi connectivity index (χ0v) is 27.5. The predicted molar refractivity (Wildman–Crippen MR) is 181 cm³/mol. The van der Waals surface area contributed by atoms with Gasteiger partial charge in [0, 0.05) is 24.5 Å². The summed E-state index contributed by atoms with van der Waals surface area (Å²) < 4.78 is 29.3. The van der Waals surface area contributed by atoms with Crippen molar-refractivity contribution in [3.05, 3.63) is 130 Å². The molecule has 0 spiro atoms. The number of benzene rings is 4. The molecule has 0 bridgehead atoms. The standard InChI is InChI=1S/C36H40ClN3O4S/c1-4-5-22-38-36(42)34(23-29-10-7-6-8-11-29)39(25-30-18-14-27(2)15-19-30)35(41)26-40(32-13-9-12-31(37)24-32)45(43,44)33-20-16-28(3)17-21-33/h6-21,24,34H,4-5,22-23,25-26H2,1-3H3,(H,38,42). The average molecular weight is 646 g/mol. The molecular formula is C36H40ClN3O4S. The highest BCUT2D eigenvalue weighted by molar-refractivity contribution is 7.92. The zero-order chi connectivity index (χ0) is 32.4. The van der Waals surface area contributed by atoms with E-state index < -0.39 is 28.5 Å². The summed E-state index contributed by atoms with van der Waals surface area (Å²) in [5.41, 5.74) is 3.92. The summed E-state index contributed by atoms with van der Waals surface area (Å²) in [6.45, 7) is 5.95. The first kappa shape index (κ1) is 33.7. The molecule has 0 saturated heterocycles. The Labute approximate surface area is 271 Å². The second-order valence-corrected chi connectivity index (χ2v) is 13.5. The van der Waals surface area contributed by atoms with Crippen LogP contribution in [0, 0.1) is 13.8 Å². The molecule has 236 valence electrons. The lowest BCUT2D eigenvalue weighted by Gasteiger charge is -2.34. The number of carbonyl (C=O) groups is 2. The number of anilines is 1. The fraction of sp³-hybridized carbons (Fsp3) is 0.278. The van der Waals surface area contributed by atoms with Crippen LogP contribution in [0.15, 0.2) is 108 Å². The van der Waals surface area contributed by atoms with Gasteiger partial charge >= 0.3 is 0 Å². The number of unbranched alkanes of at least 4 members (excludes halogenated alkanes) is 1. The molecule has 0 aliphatic heterocycles. The second kappa shape index (κ2) is 15.7. The molecule has 0 radical (unpaired) electrons. The third-order valence-electron chi connectivity index (χ3n) is 7.56. The smallest absolute Gasteiger partial charge is 0.264 e. The summed E-state index contributed by atoms with van der Waals surface area (Å²) in [4.78, 5) is 29.8. The number of carbonyl (C=O) groups excluding carboxylic acids is 2. The zero-order valence-electron chi connectivity index (χ0n) is 25.9. The number of hydrogen-bond acceptors (Lipinski definition) is 4. The number of nitrogens with one attached hydrogen (secondary N) is 1. The normalized spacial score (nSPS) is 11.9. The van der Waals surface area contributed by atoms with Crippen molar-refractivity contribution in [1.82, 2.24) is 10.2 Å². The van der Waals surface area contributed by atoms with Crippen LogP contribution >= 0.6 is 11.6 Å². The largest absolute Gasteiger partial charge is 0.354 e. The molecule has 9 heteroatoms.